The molecule has 9 heteroatoms. The summed E-state index contributed by atoms with van der Waals surface area (Å²) >= 11 is 0. The summed E-state index contributed by atoms with van der Waals surface area (Å²) < 4.78 is 50.8. The quantitative estimate of drug-likeness (QED) is 0.377. The second-order valence-electron chi connectivity index (χ2n) is 7.25. The lowest BCUT2D eigenvalue weighted by Gasteiger charge is -2.12. The van der Waals surface area contributed by atoms with Crippen molar-refractivity contribution in [2.75, 3.05) is 18.9 Å². The lowest BCUT2D eigenvalue weighted by atomic mass is 10.2. The molecule has 0 saturated heterocycles. The van der Waals surface area contributed by atoms with Gasteiger partial charge in [0.15, 0.2) is 22.9 Å². The number of aryl methyl sites for hydroxylation is 1. The van der Waals surface area contributed by atoms with Gasteiger partial charge in [-0.2, -0.15) is 0 Å². The van der Waals surface area contributed by atoms with Crippen LogP contribution in [0.5, 0.6) is 17.2 Å². The van der Waals surface area contributed by atoms with Gasteiger partial charge in [0.1, 0.15) is 17.3 Å². The van der Waals surface area contributed by atoms with E-state index in [4.69, 9.17) is 18.7 Å². The zero-order valence-corrected chi connectivity index (χ0v) is 19.3. The molecule has 172 valence electrons. The molecule has 33 heavy (non-hydrogen) atoms. The van der Waals surface area contributed by atoms with Crippen molar-refractivity contribution in [2.24, 2.45) is 0 Å². The molecule has 1 aromatic heterocycles. The fourth-order valence-electron chi connectivity index (χ4n) is 3.36. The van der Waals surface area contributed by atoms with Gasteiger partial charge >= 0.3 is 0 Å². The molecule has 0 radical (unpaired) electrons. The van der Waals surface area contributed by atoms with E-state index < -0.39 is 10.0 Å². The summed E-state index contributed by atoms with van der Waals surface area (Å²) in [4.78, 5) is 0.0234. The largest absolute Gasteiger partial charge is 0.495 e. The Morgan fingerprint density at radius 3 is 2.36 bits per heavy atom. The minimum Gasteiger partial charge on any atom is -0.495 e. The Kier molecular flexibility index (Phi) is 6.41. The SMILES string of the molecule is CCc1ccc(OC)c(S(=O)(=O)Nc2noc3cc(OCc4ccccc4)c(OC)cc23)c1. The number of nitrogens with one attached hydrogen (secondary N) is 1. The average molecular weight is 469 g/mol. The summed E-state index contributed by atoms with van der Waals surface area (Å²) in [5.41, 5.74) is 2.21. The third-order valence-corrected chi connectivity index (χ3v) is 6.51. The third-order valence-electron chi connectivity index (χ3n) is 5.15. The molecular formula is C24H24N2O6S. The van der Waals surface area contributed by atoms with Crippen LogP contribution < -0.4 is 18.9 Å². The standard InChI is InChI=1S/C24H24N2O6S/c1-4-16-10-11-19(29-2)23(12-16)33(27,28)26-24-18-13-21(30-3)22(14-20(18)32-25-24)31-15-17-8-6-5-7-9-17/h5-14H,4,15H2,1-3H3,(H,25,26). The highest BCUT2D eigenvalue weighted by molar-refractivity contribution is 7.92. The first-order chi connectivity index (χ1) is 15.9. The summed E-state index contributed by atoms with van der Waals surface area (Å²) in [6.07, 6.45) is 0.683. The maximum atomic E-state index is 13.1. The van der Waals surface area contributed by atoms with E-state index in [1.54, 1.807) is 24.3 Å². The van der Waals surface area contributed by atoms with Gasteiger partial charge in [0, 0.05) is 6.07 Å². The van der Waals surface area contributed by atoms with E-state index in [9.17, 15) is 8.42 Å². The van der Waals surface area contributed by atoms with Gasteiger partial charge in [0.05, 0.1) is 19.6 Å². The van der Waals surface area contributed by atoms with Crippen molar-refractivity contribution in [3.05, 3.63) is 71.8 Å². The summed E-state index contributed by atoms with van der Waals surface area (Å²) in [6, 6.07) is 18.0. The van der Waals surface area contributed by atoms with Crippen molar-refractivity contribution in [3.63, 3.8) is 0 Å². The van der Waals surface area contributed by atoms with Crippen LogP contribution in [0.1, 0.15) is 18.1 Å². The van der Waals surface area contributed by atoms with Crippen LogP contribution >= 0.6 is 0 Å². The maximum absolute atomic E-state index is 13.1. The topological polar surface area (TPSA) is 99.9 Å². The first kappa shape index (κ1) is 22.5. The lowest BCUT2D eigenvalue weighted by Crippen LogP contribution is -2.15. The highest BCUT2D eigenvalue weighted by Gasteiger charge is 2.24. The van der Waals surface area contributed by atoms with Crippen LogP contribution in [-0.2, 0) is 23.1 Å². The fraction of sp³-hybridized carbons (Fsp3) is 0.208. The van der Waals surface area contributed by atoms with Crippen molar-refractivity contribution in [1.82, 2.24) is 5.16 Å². The van der Waals surface area contributed by atoms with Crippen LogP contribution in [0.3, 0.4) is 0 Å². The highest BCUT2D eigenvalue weighted by Crippen LogP contribution is 2.37. The van der Waals surface area contributed by atoms with E-state index in [0.717, 1.165) is 11.1 Å². The van der Waals surface area contributed by atoms with E-state index in [2.05, 4.69) is 9.88 Å². The van der Waals surface area contributed by atoms with Crippen LogP contribution in [0.2, 0.25) is 0 Å². The predicted molar refractivity (Wildman–Crippen MR) is 125 cm³/mol. The number of nitrogens with zero attached hydrogens (tertiary/aromatic N) is 1. The molecule has 0 saturated carbocycles. The Hall–Kier alpha value is -3.72. The van der Waals surface area contributed by atoms with Crippen LogP contribution in [0, 0.1) is 0 Å². The van der Waals surface area contributed by atoms with E-state index in [1.807, 2.05) is 43.3 Å². The number of hydrogen-bond acceptors (Lipinski definition) is 7. The van der Waals surface area contributed by atoms with Gasteiger partial charge in [-0.05, 0) is 35.7 Å². The van der Waals surface area contributed by atoms with Crippen molar-refractivity contribution in [2.45, 2.75) is 24.8 Å². The van der Waals surface area contributed by atoms with E-state index in [-0.39, 0.29) is 16.5 Å². The van der Waals surface area contributed by atoms with Gasteiger partial charge in [-0.3, -0.25) is 4.72 Å². The molecule has 1 N–H and O–H groups in total. The van der Waals surface area contributed by atoms with Gasteiger partial charge < -0.3 is 18.7 Å². The van der Waals surface area contributed by atoms with E-state index in [1.165, 1.54) is 14.2 Å². The molecule has 3 aromatic carbocycles. The Bertz CT molecular complexity index is 1370. The van der Waals surface area contributed by atoms with Crippen LogP contribution in [0.4, 0.5) is 5.82 Å². The second kappa shape index (κ2) is 9.41. The normalized spacial score (nSPS) is 11.4. The number of ether oxygens (including phenoxy) is 3. The second-order valence-corrected chi connectivity index (χ2v) is 8.90. The van der Waals surface area contributed by atoms with Crippen LogP contribution in [-0.4, -0.2) is 27.8 Å². The molecule has 0 aliphatic carbocycles. The van der Waals surface area contributed by atoms with Crippen molar-refractivity contribution in [1.29, 1.82) is 0 Å². The van der Waals surface area contributed by atoms with Crippen molar-refractivity contribution >= 4 is 26.8 Å². The Labute approximate surface area is 192 Å². The molecule has 4 rings (SSSR count). The Morgan fingerprint density at radius 2 is 1.67 bits per heavy atom. The summed E-state index contributed by atoms with van der Waals surface area (Å²) in [7, 11) is -1.06. The molecule has 8 nitrogen and oxygen atoms in total. The average Bonchev–Trinajstić information content (AvgIpc) is 3.22. The fourth-order valence-corrected chi connectivity index (χ4v) is 4.59. The zero-order valence-electron chi connectivity index (χ0n) is 18.5. The molecule has 4 aromatic rings. The first-order valence-corrected chi connectivity index (χ1v) is 11.8. The lowest BCUT2D eigenvalue weighted by molar-refractivity contribution is 0.284. The monoisotopic (exact) mass is 468 g/mol. The summed E-state index contributed by atoms with van der Waals surface area (Å²) in [5, 5.41) is 4.36. The Morgan fingerprint density at radius 1 is 0.909 bits per heavy atom. The van der Waals surface area contributed by atoms with Crippen LogP contribution in [0.15, 0.2) is 70.1 Å². The van der Waals surface area contributed by atoms with E-state index in [0.29, 0.717) is 35.5 Å². The van der Waals surface area contributed by atoms with Gasteiger partial charge in [-0.1, -0.05) is 48.5 Å². The molecule has 0 spiro atoms. The number of hydrogen-bond donors (Lipinski definition) is 1. The maximum Gasteiger partial charge on any atom is 0.266 e. The number of aromatic nitrogens is 1. The number of benzene rings is 3. The van der Waals surface area contributed by atoms with Crippen LogP contribution in [0.25, 0.3) is 11.0 Å². The molecule has 1 heterocycles. The molecular weight excluding hydrogens is 444 g/mol. The molecule has 0 aliphatic heterocycles. The smallest absolute Gasteiger partial charge is 0.266 e. The zero-order chi connectivity index (χ0) is 23.4. The first-order valence-electron chi connectivity index (χ1n) is 10.3. The molecule has 0 aliphatic rings. The Balaban J connectivity index is 1.65. The third kappa shape index (κ3) is 4.73. The van der Waals surface area contributed by atoms with Crippen molar-refractivity contribution in [3.8, 4) is 17.2 Å². The number of sulfonamides is 1. The predicted octanol–water partition coefficient (Wildman–Crippen LogP) is 4.79. The van der Waals surface area contributed by atoms with Gasteiger partial charge in [-0.15, -0.1) is 0 Å². The minimum atomic E-state index is -4.00. The molecule has 0 amide bonds. The molecule has 0 bridgehead atoms. The number of methoxy groups -OCH3 is 2. The summed E-state index contributed by atoms with van der Waals surface area (Å²) in [5.74, 6) is 1.16. The molecule has 0 fully saturated rings. The molecule has 0 unspecified atom stereocenters. The van der Waals surface area contributed by atoms with Gasteiger partial charge in [0.2, 0.25) is 0 Å². The van der Waals surface area contributed by atoms with E-state index >= 15 is 0 Å². The summed E-state index contributed by atoms with van der Waals surface area (Å²) in [6.45, 7) is 2.28. The number of anilines is 1. The molecule has 0 atom stereocenters. The van der Waals surface area contributed by atoms with Gasteiger partial charge in [0.25, 0.3) is 10.0 Å². The highest BCUT2D eigenvalue weighted by atomic mass is 32.2. The number of rotatable bonds is 9. The number of fused-ring (bicyclic) bond motifs is 1. The van der Waals surface area contributed by atoms with Gasteiger partial charge in [-0.25, -0.2) is 8.42 Å². The van der Waals surface area contributed by atoms with Crippen molar-refractivity contribution < 1.29 is 27.2 Å². The minimum absolute atomic E-state index is 0.0234.